The van der Waals surface area contributed by atoms with Crippen LogP contribution >= 0.6 is 0 Å². The van der Waals surface area contributed by atoms with Gasteiger partial charge in [0.15, 0.2) is 0 Å². The predicted octanol–water partition coefficient (Wildman–Crippen LogP) is 12.6. The Morgan fingerprint density at radius 3 is 1.60 bits per heavy atom. The van der Waals surface area contributed by atoms with Gasteiger partial charge in [0, 0.05) is 10.8 Å². The maximum absolute atomic E-state index is 6.61. The minimum absolute atomic E-state index is 0.897. The molecule has 0 aliphatic carbocycles. The molecule has 0 atom stereocenters. The molecule has 0 spiro atoms. The number of furan rings is 1. The number of rotatable bonds is 4. The summed E-state index contributed by atoms with van der Waals surface area (Å²) < 4.78 is 6.61. The van der Waals surface area contributed by atoms with Gasteiger partial charge in [-0.2, -0.15) is 0 Å². The van der Waals surface area contributed by atoms with Crippen molar-refractivity contribution in [1.29, 1.82) is 0 Å². The lowest BCUT2D eigenvalue weighted by Gasteiger charge is -2.20. The van der Waals surface area contributed by atoms with E-state index in [1.807, 2.05) is 0 Å². The Morgan fingerprint density at radius 2 is 0.867 bits per heavy atom. The van der Waals surface area contributed by atoms with Gasteiger partial charge >= 0.3 is 0 Å². The molecule has 0 aliphatic rings. The van der Waals surface area contributed by atoms with Gasteiger partial charge in [0.25, 0.3) is 0 Å². The number of benzene rings is 8. The molecule has 0 radical (unpaired) electrons. The molecule has 1 heteroatoms. The lowest BCUT2D eigenvalue weighted by molar-refractivity contribution is 0.669. The van der Waals surface area contributed by atoms with Crippen LogP contribution in [0.25, 0.3) is 88.0 Å². The van der Waals surface area contributed by atoms with E-state index >= 15 is 0 Å². The smallest absolute Gasteiger partial charge is 0.136 e. The SMILES string of the molecule is c1ccc(-c2ccc3c(c2)oc2cccc(-c4c5ccccc5c(-c5ccccc5)c5cccc(-c6ccccc6)c45)c23)cc1. The van der Waals surface area contributed by atoms with Gasteiger partial charge in [-0.25, -0.2) is 0 Å². The summed E-state index contributed by atoms with van der Waals surface area (Å²) in [5.74, 6) is 0. The standard InChI is InChI=1S/C44H28O/c1-4-14-29(15-5-1)32-26-27-36-40(28-32)45-39-25-13-24-38(42(36)39)44-35-21-11-10-20-34(35)41(31-18-8-3-9-19-31)37-23-12-22-33(43(37)44)30-16-6-2-7-17-30/h1-28H. The molecule has 1 nitrogen and oxygen atoms in total. The summed E-state index contributed by atoms with van der Waals surface area (Å²) in [5, 5.41) is 7.25. The van der Waals surface area contributed by atoms with Crippen molar-refractivity contribution >= 4 is 43.5 Å². The van der Waals surface area contributed by atoms with Gasteiger partial charge in [-0.05, 0) is 84.3 Å². The topological polar surface area (TPSA) is 13.1 Å². The third kappa shape index (κ3) is 4.09. The van der Waals surface area contributed by atoms with Crippen LogP contribution < -0.4 is 0 Å². The average molecular weight is 573 g/mol. The number of hydrogen-bond acceptors (Lipinski definition) is 1. The Labute approximate surface area is 261 Å². The first-order valence-electron chi connectivity index (χ1n) is 15.4. The van der Waals surface area contributed by atoms with Crippen LogP contribution in [-0.4, -0.2) is 0 Å². The van der Waals surface area contributed by atoms with Crippen molar-refractivity contribution in [2.24, 2.45) is 0 Å². The highest BCUT2D eigenvalue weighted by Crippen LogP contribution is 2.49. The first-order chi connectivity index (χ1) is 22.3. The fraction of sp³-hybridized carbons (Fsp3) is 0. The zero-order valence-corrected chi connectivity index (χ0v) is 24.6. The van der Waals surface area contributed by atoms with Crippen LogP contribution in [0.2, 0.25) is 0 Å². The summed E-state index contributed by atoms with van der Waals surface area (Å²) in [5.41, 5.74) is 11.5. The van der Waals surface area contributed by atoms with Crippen molar-refractivity contribution in [3.63, 3.8) is 0 Å². The van der Waals surface area contributed by atoms with Gasteiger partial charge in [-0.15, -0.1) is 0 Å². The number of fused-ring (bicyclic) bond motifs is 5. The molecule has 1 heterocycles. The Hall–Kier alpha value is -5.92. The van der Waals surface area contributed by atoms with E-state index in [1.54, 1.807) is 0 Å². The summed E-state index contributed by atoms with van der Waals surface area (Å²) >= 11 is 0. The molecule has 0 saturated heterocycles. The Kier molecular flexibility index (Phi) is 5.89. The fourth-order valence-electron chi connectivity index (χ4n) is 7.13. The second-order valence-corrected chi connectivity index (χ2v) is 11.6. The molecule has 0 aliphatic heterocycles. The van der Waals surface area contributed by atoms with Crippen molar-refractivity contribution < 1.29 is 4.42 Å². The molecule has 9 rings (SSSR count). The second kappa shape index (κ2) is 10.4. The second-order valence-electron chi connectivity index (χ2n) is 11.6. The van der Waals surface area contributed by atoms with Crippen molar-refractivity contribution in [1.82, 2.24) is 0 Å². The quantitative estimate of drug-likeness (QED) is 0.191. The van der Waals surface area contributed by atoms with E-state index < -0.39 is 0 Å². The van der Waals surface area contributed by atoms with Crippen LogP contribution in [0.3, 0.4) is 0 Å². The molecular formula is C44H28O. The van der Waals surface area contributed by atoms with Crippen LogP contribution in [0.5, 0.6) is 0 Å². The van der Waals surface area contributed by atoms with E-state index in [-0.39, 0.29) is 0 Å². The summed E-state index contributed by atoms with van der Waals surface area (Å²) in [4.78, 5) is 0. The van der Waals surface area contributed by atoms with E-state index in [0.717, 1.165) is 27.5 Å². The minimum atomic E-state index is 0.897. The predicted molar refractivity (Wildman–Crippen MR) is 190 cm³/mol. The highest BCUT2D eigenvalue weighted by atomic mass is 16.3. The maximum Gasteiger partial charge on any atom is 0.136 e. The molecule has 0 saturated carbocycles. The van der Waals surface area contributed by atoms with Crippen LogP contribution in [0.15, 0.2) is 174 Å². The van der Waals surface area contributed by atoms with E-state index in [2.05, 4.69) is 170 Å². The normalized spacial score (nSPS) is 11.6. The number of hydrogen-bond donors (Lipinski definition) is 0. The lowest BCUT2D eigenvalue weighted by Crippen LogP contribution is -1.93. The molecule has 0 fully saturated rings. The fourth-order valence-corrected chi connectivity index (χ4v) is 7.13. The summed E-state index contributed by atoms with van der Waals surface area (Å²) in [6, 6.07) is 60.9. The molecule has 210 valence electrons. The third-order valence-corrected chi connectivity index (χ3v) is 9.07. The van der Waals surface area contributed by atoms with E-state index in [9.17, 15) is 0 Å². The Morgan fingerprint density at radius 1 is 0.289 bits per heavy atom. The molecule has 8 aromatic carbocycles. The van der Waals surface area contributed by atoms with Crippen LogP contribution in [0, 0.1) is 0 Å². The summed E-state index contributed by atoms with van der Waals surface area (Å²) in [6.07, 6.45) is 0. The lowest BCUT2D eigenvalue weighted by atomic mass is 9.82. The van der Waals surface area contributed by atoms with Crippen molar-refractivity contribution in [3.8, 4) is 44.5 Å². The molecule has 0 N–H and O–H groups in total. The minimum Gasteiger partial charge on any atom is -0.456 e. The third-order valence-electron chi connectivity index (χ3n) is 9.07. The average Bonchev–Trinajstić information content (AvgIpc) is 3.50. The van der Waals surface area contributed by atoms with E-state index in [0.29, 0.717) is 0 Å². The molecular weight excluding hydrogens is 544 g/mol. The van der Waals surface area contributed by atoms with Gasteiger partial charge in [0.2, 0.25) is 0 Å². The largest absolute Gasteiger partial charge is 0.456 e. The molecule has 0 amide bonds. The molecule has 1 aromatic heterocycles. The molecule has 9 aromatic rings. The Balaban J connectivity index is 1.44. The summed E-state index contributed by atoms with van der Waals surface area (Å²) in [7, 11) is 0. The van der Waals surface area contributed by atoms with E-state index in [4.69, 9.17) is 4.42 Å². The highest BCUT2D eigenvalue weighted by Gasteiger charge is 2.22. The van der Waals surface area contributed by atoms with Crippen molar-refractivity contribution in [2.75, 3.05) is 0 Å². The van der Waals surface area contributed by atoms with Gasteiger partial charge in [0.05, 0.1) is 0 Å². The maximum atomic E-state index is 6.61. The first-order valence-corrected chi connectivity index (χ1v) is 15.4. The van der Waals surface area contributed by atoms with Crippen LogP contribution in [0.1, 0.15) is 0 Å². The zero-order chi connectivity index (χ0) is 29.7. The first kappa shape index (κ1) is 25.6. The Bertz CT molecular complexity index is 2510. The van der Waals surface area contributed by atoms with Crippen molar-refractivity contribution in [2.45, 2.75) is 0 Å². The van der Waals surface area contributed by atoms with E-state index in [1.165, 1.54) is 60.5 Å². The summed E-state index contributed by atoms with van der Waals surface area (Å²) in [6.45, 7) is 0. The van der Waals surface area contributed by atoms with Gasteiger partial charge in [-0.1, -0.05) is 152 Å². The zero-order valence-electron chi connectivity index (χ0n) is 24.6. The molecule has 0 unspecified atom stereocenters. The monoisotopic (exact) mass is 572 g/mol. The van der Waals surface area contributed by atoms with Gasteiger partial charge in [-0.3, -0.25) is 0 Å². The molecule has 0 bridgehead atoms. The van der Waals surface area contributed by atoms with Gasteiger partial charge < -0.3 is 4.42 Å². The van der Waals surface area contributed by atoms with Crippen LogP contribution in [0.4, 0.5) is 0 Å². The van der Waals surface area contributed by atoms with Crippen LogP contribution in [-0.2, 0) is 0 Å². The molecule has 45 heavy (non-hydrogen) atoms. The highest BCUT2D eigenvalue weighted by molar-refractivity contribution is 6.28. The van der Waals surface area contributed by atoms with Crippen molar-refractivity contribution in [3.05, 3.63) is 170 Å². The van der Waals surface area contributed by atoms with Gasteiger partial charge in [0.1, 0.15) is 11.2 Å².